The molecule has 3 fully saturated rings. The number of carbonyl (C=O) groups excluding carboxylic acids is 2. The van der Waals surface area contributed by atoms with E-state index in [-0.39, 0.29) is 29.7 Å². The van der Waals surface area contributed by atoms with Crippen LogP contribution in [0.25, 0.3) is 0 Å². The standard InChI is InChI=1S/C16H28N4O4/c17-11(3-1-2-8-19-16(23)24)15(22)20-13-10-6-4-9(5-7-10)12(13)14(18)21/h9-13,19H,1-8,17H2,(H2,18,21)(H,20,22)(H,23,24)/t9?,10?,11-,12?,13?/m0/s1. The number of nitrogens with two attached hydrogens (primary N) is 2. The zero-order valence-corrected chi connectivity index (χ0v) is 13.9. The van der Waals surface area contributed by atoms with E-state index in [1.165, 1.54) is 0 Å². The molecule has 24 heavy (non-hydrogen) atoms. The average molecular weight is 340 g/mol. The molecule has 0 saturated heterocycles. The SMILES string of the molecule is NC(=O)C1C2CCC(CC2)C1NC(=O)[C@@H](N)CCCCNC(=O)O. The van der Waals surface area contributed by atoms with Gasteiger partial charge in [-0.15, -0.1) is 0 Å². The molecule has 3 aliphatic carbocycles. The fraction of sp³-hybridized carbons (Fsp3) is 0.812. The highest BCUT2D eigenvalue weighted by Crippen LogP contribution is 2.45. The largest absolute Gasteiger partial charge is 0.465 e. The lowest BCUT2D eigenvalue weighted by Crippen LogP contribution is -2.59. The fourth-order valence-corrected chi connectivity index (χ4v) is 4.15. The van der Waals surface area contributed by atoms with Crippen molar-refractivity contribution in [1.29, 1.82) is 0 Å². The molecular weight excluding hydrogens is 312 g/mol. The molecule has 0 radical (unpaired) electrons. The molecule has 3 atom stereocenters. The number of fused-ring (bicyclic) bond motifs is 3. The van der Waals surface area contributed by atoms with Gasteiger partial charge in [-0.25, -0.2) is 4.79 Å². The maximum absolute atomic E-state index is 12.3. The summed E-state index contributed by atoms with van der Waals surface area (Å²) < 4.78 is 0. The molecule has 0 aromatic rings. The zero-order valence-electron chi connectivity index (χ0n) is 13.9. The molecule has 8 heteroatoms. The maximum atomic E-state index is 12.3. The van der Waals surface area contributed by atoms with Crippen molar-refractivity contribution in [2.24, 2.45) is 29.2 Å². The van der Waals surface area contributed by atoms with Crippen LogP contribution >= 0.6 is 0 Å². The van der Waals surface area contributed by atoms with Crippen molar-refractivity contribution in [3.8, 4) is 0 Å². The Hall–Kier alpha value is -1.83. The van der Waals surface area contributed by atoms with Crippen molar-refractivity contribution in [1.82, 2.24) is 10.6 Å². The molecule has 3 rings (SSSR count). The number of carboxylic acid groups (broad SMARTS) is 1. The summed E-state index contributed by atoms with van der Waals surface area (Å²) in [7, 11) is 0. The Bertz CT molecular complexity index is 477. The first-order valence-corrected chi connectivity index (χ1v) is 8.72. The molecule has 2 bridgehead atoms. The van der Waals surface area contributed by atoms with Crippen molar-refractivity contribution in [3.63, 3.8) is 0 Å². The van der Waals surface area contributed by atoms with Gasteiger partial charge in [0.25, 0.3) is 0 Å². The van der Waals surface area contributed by atoms with Crippen LogP contribution in [0.4, 0.5) is 4.79 Å². The highest BCUT2D eigenvalue weighted by molar-refractivity contribution is 5.84. The zero-order chi connectivity index (χ0) is 17.7. The first-order valence-electron chi connectivity index (χ1n) is 8.72. The lowest BCUT2D eigenvalue weighted by molar-refractivity contribution is -0.132. The molecule has 8 nitrogen and oxygen atoms in total. The minimum Gasteiger partial charge on any atom is -0.465 e. The number of unbranched alkanes of at least 4 members (excludes halogenated alkanes) is 1. The van der Waals surface area contributed by atoms with Gasteiger partial charge in [-0.2, -0.15) is 0 Å². The Balaban J connectivity index is 1.79. The van der Waals surface area contributed by atoms with Crippen LogP contribution in [-0.4, -0.2) is 41.6 Å². The third-order valence-electron chi connectivity index (χ3n) is 5.41. The van der Waals surface area contributed by atoms with Crippen LogP contribution in [0.15, 0.2) is 0 Å². The number of nitrogens with one attached hydrogen (secondary N) is 2. The summed E-state index contributed by atoms with van der Waals surface area (Å²) in [6, 6.07) is -0.842. The van der Waals surface area contributed by atoms with Crippen LogP contribution < -0.4 is 22.1 Å². The molecular formula is C16H28N4O4. The molecule has 7 N–H and O–H groups in total. The topological polar surface area (TPSA) is 148 Å². The van der Waals surface area contributed by atoms with Crippen molar-refractivity contribution in [2.45, 2.75) is 57.0 Å². The molecule has 0 aromatic heterocycles. The van der Waals surface area contributed by atoms with Crippen LogP contribution in [0, 0.1) is 17.8 Å². The lowest BCUT2D eigenvalue weighted by Gasteiger charge is -2.47. The van der Waals surface area contributed by atoms with Gasteiger partial charge >= 0.3 is 6.09 Å². The average Bonchev–Trinajstić information content (AvgIpc) is 2.54. The first kappa shape index (κ1) is 18.5. The summed E-state index contributed by atoms with van der Waals surface area (Å²) in [5.74, 6) is -0.277. The van der Waals surface area contributed by atoms with Gasteiger partial charge in [0, 0.05) is 12.6 Å². The smallest absolute Gasteiger partial charge is 0.404 e. The van der Waals surface area contributed by atoms with Crippen LogP contribution in [-0.2, 0) is 9.59 Å². The fourth-order valence-electron chi connectivity index (χ4n) is 4.15. The molecule has 136 valence electrons. The van der Waals surface area contributed by atoms with E-state index in [2.05, 4.69) is 10.6 Å². The van der Waals surface area contributed by atoms with E-state index < -0.39 is 12.1 Å². The summed E-state index contributed by atoms with van der Waals surface area (Å²) in [6.07, 6.45) is 4.78. The third kappa shape index (κ3) is 4.59. The highest BCUT2D eigenvalue weighted by atomic mass is 16.4. The summed E-state index contributed by atoms with van der Waals surface area (Å²) in [4.78, 5) is 34.5. The van der Waals surface area contributed by atoms with Gasteiger partial charge in [0.2, 0.25) is 11.8 Å². The molecule has 3 aliphatic rings. The Labute approximate surface area is 141 Å². The van der Waals surface area contributed by atoms with E-state index >= 15 is 0 Å². The van der Waals surface area contributed by atoms with Crippen molar-refractivity contribution in [2.75, 3.05) is 6.54 Å². The number of hydrogen-bond acceptors (Lipinski definition) is 4. The normalized spacial score (nSPS) is 29.7. The predicted octanol–water partition coefficient (Wildman–Crippen LogP) is 0.158. The Kier molecular flexibility index (Phi) is 6.42. The molecule has 2 unspecified atom stereocenters. The third-order valence-corrected chi connectivity index (χ3v) is 5.41. The Morgan fingerprint density at radius 2 is 1.71 bits per heavy atom. The van der Waals surface area contributed by atoms with Crippen LogP contribution in [0.2, 0.25) is 0 Å². The van der Waals surface area contributed by atoms with Crippen LogP contribution in [0.1, 0.15) is 44.9 Å². The van der Waals surface area contributed by atoms with E-state index in [4.69, 9.17) is 16.6 Å². The lowest BCUT2D eigenvalue weighted by atomic mass is 9.61. The Morgan fingerprint density at radius 3 is 2.29 bits per heavy atom. The van der Waals surface area contributed by atoms with E-state index in [0.29, 0.717) is 31.7 Å². The molecule has 3 amide bonds. The number of primary amides is 1. The van der Waals surface area contributed by atoms with Gasteiger partial charge in [0.1, 0.15) is 0 Å². The van der Waals surface area contributed by atoms with Gasteiger partial charge in [-0.05, 0) is 56.8 Å². The molecule has 0 heterocycles. The minimum atomic E-state index is -1.05. The van der Waals surface area contributed by atoms with Crippen LogP contribution in [0.3, 0.4) is 0 Å². The number of rotatable bonds is 8. The van der Waals surface area contributed by atoms with Gasteiger partial charge < -0.3 is 27.2 Å². The predicted molar refractivity (Wildman–Crippen MR) is 87.9 cm³/mol. The second-order valence-electron chi connectivity index (χ2n) is 6.97. The summed E-state index contributed by atoms with van der Waals surface area (Å²) in [5.41, 5.74) is 11.5. The van der Waals surface area contributed by atoms with Gasteiger partial charge in [0.15, 0.2) is 0 Å². The molecule has 3 saturated carbocycles. The number of carbonyl (C=O) groups is 3. The minimum absolute atomic E-state index is 0.192. The number of hydrogen-bond donors (Lipinski definition) is 5. The monoisotopic (exact) mass is 340 g/mol. The van der Waals surface area contributed by atoms with Gasteiger partial charge in [-0.3, -0.25) is 9.59 Å². The second kappa shape index (κ2) is 8.32. The van der Waals surface area contributed by atoms with Crippen LogP contribution in [0.5, 0.6) is 0 Å². The first-order chi connectivity index (χ1) is 11.4. The molecule has 0 aromatic carbocycles. The van der Waals surface area contributed by atoms with E-state index in [0.717, 1.165) is 25.7 Å². The Morgan fingerprint density at radius 1 is 1.08 bits per heavy atom. The van der Waals surface area contributed by atoms with Crippen molar-refractivity contribution >= 4 is 17.9 Å². The van der Waals surface area contributed by atoms with E-state index in [1.54, 1.807) is 0 Å². The summed E-state index contributed by atoms with van der Waals surface area (Å²) >= 11 is 0. The van der Waals surface area contributed by atoms with Crippen molar-refractivity contribution < 1.29 is 19.5 Å². The quantitative estimate of drug-likeness (QED) is 0.399. The highest BCUT2D eigenvalue weighted by Gasteiger charge is 2.47. The molecule has 0 spiro atoms. The summed E-state index contributed by atoms with van der Waals surface area (Å²) in [6.45, 7) is 0.347. The van der Waals surface area contributed by atoms with E-state index in [9.17, 15) is 14.4 Å². The van der Waals surface area contributed by atoms with Crippen molar-refractivity contribution in [3.05, 3.63) is 0 Å². The molecule has 0 aliphatic heterocycles. The van der Waals surface area contributed by atoms with E-state index in [1.807, 2.05) is 0 Å². The number of amides is 3. The summed E-state index contributed by atoms with van der Waals surface area (Å²) in [5, 5.41) is 13.7. The maximum Gasteiger partial charge on any atom is 0.404 e. The van der Waals surface area contributed by atoms with Gasteiger partial charge in [-0.1, -0.05) is 0 Å². The second-order valence-corrected chi connectivity index (χ2v) is 6.97. The van der Waals surface area contributed by atoms with Gasteiger partial charge in [0.05, 0.1) is 12.0 Å².